The minimum absolute atomic E-state index is 0.212. The van der Waals surface area contributed by atoms with E-state index in [1.165, 1.54) is 4.68 Å². The van der Waals surface area contributed by atoms with Gasteiger partial charge in [0.15, 0.2) is 0 Å². The smallest absolute Gasteiger partial charge is 0.282 e. The number of aromatic nitrogens is 2. The van der Waals surface area contributed by atoms with E-state index in [1.807, 2.05) is 51.1 Å². The number of benzene rings is 2. The molecule has 0 saturated heterocycles. The molecule has 2 aromatic carbocycles. The number of hydrogen-bond acceptors (Lipinski definition) is 4. The van der Waals surface area contributed by atoms with Crippen LogP contribution in [-0.2, 0) is 5.41 Å². The Balaban J connectivity index is 2.25. The van der Waals surface area contributed by atoms with Crippen LogP contribution in [0.3, 0.4) is 0 Å². The molecule has 7 heteroatoms. The van der Waals surface area contributed by atoms with Gasteiger partial charge in [0.2, 0.25) is 0 Å². The first-order valence-corrected chi connectivity index (χ1v) is 9.90. The standard InChI is InChI=1S/C20H19Br2N3O2/c1-20(2,3)19-24-16-7-5-14(22)10-15(16)18(26)25(19)23-11-12-9-13(21)6-8-17(12)27-4/h5-11H,1-4H3. The van der Waals surface area contributed by atoms with Crippen molar-refractivity contribution in [3.05, 3.63) is 67.1 Å². The van der Waals surface area contributed by atoms with Crippen LogP contribution in [0.15, 0.2) is 55.2 Å². The fraction of sp³-hybridized carbons (Fsp3) is 0.250. The number of ether oxygens (including phenoxy) is 1. The van der Waals surface area contributed by atoms with Gasteiger partial charge in [-0.2, -0.15) is 9.78 Å². The molecule has 0 aliphatic rings. The highest BCUT2D eigenvalue weighted by atomic mass is 79.9. The fourth-order valence-electron chi connectivity index (χ4n) is 2.67. The maximum atomic E-state index is 13.1. The topological polar surface area (TPSA) is 56.5 Å². The predicted molar refractivity (Wildman–Crippen MR) is 116 cm³/mol. The van der Waals surface area contributed by atoms with E-state index in [1.54, 1.807) is 19.4 Å². The normalized spacial score (nSPS) is 12.1. The Morgan fingerprint density at radius 1 is 1.11 bits per heavy atom. The summed E-state index contributed by atoms with van der Waals surface area (Å²) in [5.74, 6) is 1.26. The van der Waals surface area contributed by atoms with Gasteiger partial charge >= 0.3 is 0 Å². The molecule has 0 aliphatic heterocycles. The first-order valence-electron chi connectivity index (χ1n) is 8.31. The predicted octanol–water partition coefficient (Wildman–Crippen LogP) is 5.11. The third-order valence-corrected chi connectivity index (χ3v) is 4.97. The van der Waals surface area contributed by atoms with E-state index in [0.717, 1.165) is 14.5 Å². The second kappa shape index (κ2) is 7.56. The van der Waals surface area contributed by atoms with Gasteiger partial charge in [0.25, 0.3) is 5.56 Å². The summed E-state index contributed by atoms with van der Waals surface area (Å²) < 4.78 is 8.47. The van der Waals surface area contributed by atoms with Crippen LogP contribution in [0.25, 0.3) is 10.9 Å². The largest absolute Gasteiger partial charge is 0.496 e. The molecule has 0 fully saturated rings. The van der Waals surface area contributed by atoms with Crippen molar-refractivity contribution in [3.8, 4) is 5.75 Å². The van der Waals surface area contributed by atoms with Crippen molar-refractivity contribution >= 4 is 49.0 Å². The van der Waals surface area contributed by atoms with Crippen molar-refractivity contribution in [3.63, 3.8) is 0 Å². The molecule has 1 heterocycles. The van der Waals surface area contributed by atoms with Crippen LogP contribution in [0.1, 0.15) is 32.2 Å². The summed E-state index contributed by atoms with van der Waals surface area (Å²) in [7, 11) is 1.60. The van der Waals surface area contributed by atoms with Crippen molar-refractivity contribution < 1.29 is 4.74 Å². The summed E-state index contributed by atoms with van der Waals surface area (Å²) in [5.41, 5.74) is 0.836. The minimum atomic E-state index is -0.362. The van der Waals surface area contributed by atoms with Crippen molar-refractivity contribution in [1.29, 1.82) is 0 Å². The summed E-state index contributed by atoms with van der Waals surface area (Å²) in [4.78, 5) is 17.8. The zero-order valence-corrected chi connectivity index (χ0v) is 18.6. The molecule has 0 aliphatic carbocycles. The molecule has 3 aromatic rings. The van der Waals surface area contributed by atoms with Gasteiger partial charge in [-0.05, 0) is 36.4 Å². The molecular formula is C20H19Br2N3O2. The molecule has 0 amide bonds. The lowest BCUT2D eigenvalue weighted by molar-refractivity contribution is 0.414. The van der Waals surface area contributed by atoms with Gasteiger partial charge in [0, 0.05) is 19.9 Å². The van der Waals surface area contributed by atoms with Crippen LogP contribution in [0.4, 0.5) is 0 Å². The molecule has 1 aromatic heterocycles. The number of methoxy groups -OCH3 is 1. The summed E-state index contributed by atoms with van der Waals surface area (Å²) in [5, 5.41) is 4.98. The van der Waals surface area contributed by atoms with E-state index < -0.39 is 0 Å². The van der Waals surface area contributed by atoms with Gasteiger partial charge in [-0.15, -0.1) is 0 Å². The average molecular weight is 493 g/mol. The maximum Gasteiger partial charge on any atom is 0.282 e. The number of nitrogens with zero attached hydrogens (tertiary/aromatic N) is 3. The van der Waals surface area contributed by atoms with Gasteiger partial charge in [-0.1, -0.05) is 52.6 Å². The molecule has 3 rings (SSSR count). The third-order valence-electron chi connectivity index (χ3n) is 3.98. The Morgan fingerprint density at radius 3 is 2.44 bits per heavy atom. The van der Waals surface area contributed by atoms with E-state index in [4.69, 9.17) is 9.72 Å². The van der Waals surface area contributed by atoms with E-state index in [9.17, 15) is 4.79 Å². The van der Waals surface area contributed by atoms with Gasteiger partial charge in [0.05, 0.1) is 24.2 Å². The summed E-state index contributed by atoms with van der Waals surface area (Å²) in [6.45, 7) is 6.02. The fourth-order valence-corrected chi connectivity index (χ4v) is 3.41. The first-order chi connectivity index (χ1) is 12.7. The number of hydrogen-bond donors (Lipinski definition) is 0. The van der Waals surface area contributed by atoms with E-state index in [2.05, 4.69) is 37.0 Å². The highest BCUT2D eigenvalue weighted by Gasteiger charge is 2.23. The second-order valence-corrected chi connectivity index (χ2v) is 8.93. The average Bonchev–Trinajstić information content (AvgIpc) is 2.60. The summed E-state index contributed by atoms with van der Waals surface area (Å²) in [6, 6.07) is 11.1. The van der Waals surface area contributed by atoms with Gasteiger partial charge in [-0.25, -0.2) is 4.98 Å². The van der Waals surface area contributed by atoms with Crippen molar-refractivity contribution in [2.45, 2.75) is 26.2 Å². The number of fused-ring (bicyclic) bond motifs is 1. The van der Waals surface area contributed by atoms with Gasteiger partial charge in [0.1, 0.15) is 11.6 Å². The zero-order valence-electron chi connectivity index (χ0n) is 15.5. The number of halogens is 2. The lowest BCUT2D eigenvalue weighted by atomic mass is 9.95. The Labute approximate surface area is 174 Å². The highest BCUT2D eigenvalue weighted by Crippen LogP contribution is 2.24. The molecule has 5 nitrogen and oxygen atoms in total. The Morgan fingerprint density at radius 2 is 1.78 bits per heavy atom. The monoisotopic (exact) mass is 491 g/mol. The van der Waals surface area contributed by atoms with Gasteiger partial charge < -0.3 is 4.74 Å². The third kappa shape index (κ3) is 4.14. The molecule has 0 radical (unpaired) electrons. The quantitative estimate of drug-likeness (QED) is 0.477. The maximum absolute atomic E-state index is 13.1. The molecule has 0 spiro atoms. The molecule has 0 unspecified atom stereocenters. The van der Waals surface area contributed by atoms with Gasteiger partial charge in [-0.3, -0.25) is 4.79 Å². The summed E-state index contributed by atoms with van der Waals surface area (Å²) >= 11 is 6.87. The Kier molecular flexibility index (Phi) is 5.53. The molecule has 0 bridgehead atoms. The molecule has 0 saturated carbocycles. The van der Waals surface area contributed by atoms with Crippen LogP contribution in [-0.4, -0.2) is 23.0 Å². The minimum Gasteiger partial charge on any atom is -0.496 e. The van der Waals surface area contributed by atoms with Crippen LogP contribution < -0.4 is 10.3 Å². The molecule has 0 N–H and O–H groups in total. The molecule has 27 heavy (non-hydrogen) atoms. The number of rotatable bonds is 3. The van der Waals surface area contributed by atoms with Crippen LogP contribution in [0.5, 0.6) is 5.75 Å². The first kappa shape index (κ1) is 19.8. The highest BCUT2D eigenvalue weighted by molar-refractivity contribution is 9.10. The Bertz CT molecular complexity index is 1100. The van der Waals surface area contributed by atoms with E-state index in [-0.39, 0.29) is 11.0 Å². The van der Waals surface area contributed by atoms with Crippen LogP contribution in [0, 0.1) is 0 Å². The Hall–Kier alpha value is -1.99. The summed E-state index contributed by atoms with van der Waals surface area (Å²) in [6.07, 6.45) is 1.62. The SMILES string of the molecule is COc1ccc(Br)cc1C=Nn1c(C(C)(C)C)nc2ccc(Br)cc2c1=O. The van der Waals surface area contributed by atoms with Crippen molar-refractivity contribution in [2.24, 2.45) is 5.10 Å². The van der Waals surface area contributed by atoms with Crippen LogP contribution in [0.2, 0.25) is 0 Å². The molecule has 140 valence electrons. The lowest BCUT2D eigenvalue weighted by Gasteiger charge is -2.21. The van der Waals surface area contributed by atoms with E-state index >= 15 is 0 Å². The van der Waals surface area contributed by atoms with Crippen molar-refractivity contribution in [1.82, 2.24) is 9.66 Å². The lowest BCUT2D eigenvalue weighted by Crippen LogP contribution is -2.29. The molecular weight excluding hydrogens is 474 g/mol. The van der Waals surface area contributed by atoms with E-state index in [0.29, 0.717) is 22.5 Å². The second-order valence-electron chi connectivity index (χ2n) is 7.09. The molecule has 0 atom stereocenters. The van der Waals surface area contributed by atoms with Crippen molar-refractivity contribution in [2.75, 3.05) is 7.11 Å². The van der Waals surface area contributed by atoms with Crippen LogP contribution >= 0.6 is 31.9 Å². The zero-order chi connectivity index (χ0) is 19.8.